The largest absolute Gasteiger partial charge is 0.335 e. The van der Waals surface area contributed by atoms with Crippen LogP contribution in [0.3, 0.4) is 0 Å². The van der Waals surface area contributed by atoms with Crippen LogP contribution in [0.15, 0.2) is 42.5 Å². The number of anilines is 1. The van der Waals surface area contributed by atoms with E-state index in [1.165, 1.54) is 11.0 Å². The summed E-state index contributed by atoms with van der Waals surface area (Å²) in [6.45, 7) is 0.635. The summed E-state index contributed by atoms with van der Waals surface area (Å²) in [6, 6.07) is 8.74. The Morgan fingerprint density at radius 2 is 1.78 bits per heavy atom. The molecule has 2 aromatic rings. The van der Waals surface area contributed by atoms with Crippen LogP contribution in [-0.4, -0.2) is 48.2 Å². The van der Waals surface area contributed by atoms with E-state index in [1.807, 2.05) is 18.2 Å². The van der Waals surface area contributed by atoms with Gasteiger partial charge in [0.15, 0.2) is 0 Å². The zero-order valence-corrected chi connectivity index (χ0v) is 17.3. The SMILES string of the molecule is O=C(NCCF)N1CC=C(c2ccc(NC(=O)N3Cc4cc(F)cc(F)c4C3)cc2)CC1. The molecule has 0 aliphatic carbocycles. The summed E-state index contributed by atoms with van der Waals surface area (Å²) in [5.74, 6) is -1.29. The molecule has 0 saturated heterocycles. The molecule has 0 fully saturated rings. The number of carbonyl (C=O) groups excluding carboxylic acids is 2. The van der Waals surface area contributed by atoms with Gasteiger partial charge in [0.2, 0.25) is 0 Å². The number of nitrogens with zero attached hydrogens (tertiary/aromatic N) is 2. The lowest BCUT2D eigenvalue weighted by molar-refractivity contribution is 0.202. The number of alkyl halides is 1. The molecule has 32 heavy (non-hydrogen) atoms. The summed E-state index contributed by atoms with van der Waals surface area (Å²) in [6.07, 6.45) is 2.63. The Morgan fingerprint density at radius 1 is 1.00 bits per heavy atom. The van der Waals surface area contributed by atoms with Crippen molar-refractivity contribution in [1.29, 1.82) is 0 Å². The van der Waals surface area contributed by atoms with Crippen LogP contribution in [0.25, 0.3) is 5.57 Å². The Morgan fingerprint density at radius 3 is 2.47 bits per heavy atom. The molecule has 2 heterocycles. The van der Waals surface area contributed by atoms with Crippen molar-refractivity contribution in [3.05, 3.63) is 70.8 Å². The molecular formula is C23H23F3N4O2. The van der Waals surface area contributed by atoms with Gasteiger partial charge in [0.25, 0.3) is 0 Å². The summed E-state index contributed by atoms with van der Waals surface area (Å²) >= 11 is 0. The Hall–Kier alpha value is -3.49. The molecule has 4 rings (SSSR count). The Balaban J connectivity index is 1.34. The van der Waals surface area contributed by atoms with Gasteiger partial charge in [0.1, 0.15) is 18.3 Å². The molecule has 6 nitrogen and oxygen atoms in total. The molecule has 0 radical (unpaired) electrons. The molecule has 0 spiro atoms. The average molecular weight is 444 g/mol. The van der Waals surface area contributed by atoms with E-state index >= 15 is 0 Å². The first-order valence-electron chi connectivity index (χ1n) is 10.4. The van der Waals surface area contributed by atoms with E-state index in [4.69, 9.17) is 0 Å². The maximum Gasteiger partial charge on any atom is 0.322 e. The maximum absolute atomic E-state index is 13.9. The fourth-order valence-electron chi connectivity index (χ4n) is 3.92. The van der Waals surface area contributed by atoms with Crippen molar-refractivity contribution in [2.24, 2.45) is 0 Å². The highest BCUT2D eigenvalue weighted by molar-refractivity contribution is 5.90. The number of urea groups is 2. The van der Waals surface area contributed by atoms with Crippen molar-refractivity contribution in [2.75, 3.05) is 31.6 Å². The van der Waals surface area contributed by atoms with Gasteiger partial charge in [-0.25, -0.2) is 22.8 Å². The number of halogens is 3. The third-order valence-corrected chi connectivity index (χ3v) is 5.62. The third-order valence-electron chi connectivity index (χ3n) is 5.62. The van der Waals surface area contributed by atoms with Crippen LogP contribution in [0.5, 0.6) is 0 Å². The van der Waals surface area contributed by atoms with Crippen LogP contribution in [-0.2, 0) is 13.1 Å². The fourth-order valence-corrected chi connectivity index (χ4v) is 3.92. The van der Waals surface area contributed by atoms with Gasteiger partial charge in [0.05, 0.1) is 6.54 Å². The average Bonchev–Trinajstić information content (AvgIpc) is 3.23. The normalized spacial score (nSPS) is 15.3. The lowest BCUT2D eigenvalue weighted by Crippen LogP contribution is -2.42. The van der Waals surface area contributed by atoms with E-state index in [0.717, 1.165) is 17.2 Å². The molecule has 2 N–H and O–H groups in total. The van der Waals surface area contributed by atoms with Gasteiger partial charge in [-0.15, -0.1) is 0 Å². The van der Waals surface area contributed by atoms with Gasteiger partial charge >= 0.3 is 12.1 Å². The second-order valence-corrected chi connectivity index (χ2v) is 7.74. The summed E-state index contributed by atoms with van der Waals surface area (Å²) in [5.41, 5.74) is 3.48. The zero-order valence-electron chi connectivity index (χ0n) is 17.3. The molecule has 2 aliphatic rings. The highest BCUT2D eigenvalue weighted by Crippen LogP contribution is 2.28. The van der Waals surface area contributed by atoms with Gasteiger partial charge < -0.3 is 20.4 Å². The van der Waals surface area contributed by atoms with Gasteiger partial charge in [-0.3, -0.25) is 0 Å². The predicted octanol–water partition coefficient (Wildman–Crippen LogP) is 4.28. The van der Waals surface area contributed by atoms with Crippen LogP contribution in [0.1, 0.15) is 23.1 Å². The lowest BCUT2D eigenvalue weighted by atomic mass is 9.99. The monoisotopic (exact) mass is 444 g/mol. The van der Waals surface area contributed by atoms with Crippen molar-refractivity contribution < 1.29 is 22.8 Å². The topological polar surface area (TPSA) is 64.7 Å². The van der Waals surface area contributed by atoms with Gasteiger partial charge in [-0.1, -0.05) is 18.2 Å². The minimum Gasteiger partial charge on any atom is -0.335 e. The van der Waals surface area contributed by atoms with Gasteiger partial charge in [-0.2, -0.15) is 0 Å². The predicted molar refractivity (Wildman–Crippen MR) is 115 cm³/mol. The summed E-state index contributed by atoms with van der Waals surface area (Å²) in [5, 5.41) is 5.30. The smallest absolute Gasteiger partial charge is 0.322 e. The number of nitrogens with one attached hydrogen (secondary N) is 2. The number of benzene rings is 2. The number of hydrogen-bond donors (Lipinski definition) is 2. The molecule has 168 valence electrons. The summed E-state index contributed by atoms with van der Waals surface area (Å²) in [4.78, 5) is 27.5. The molecule has 0 aromatic heterocycles. The van der Waals surface area contributed by atoms with Crippen LogP contribution < -0.4 is 10.6 Å². The second-order valence-electron chi connectivity index (χ2n) is 7.74. The van der Waals surface area contributed by atoms with E-state index in [2.05, 4.69) is 10.6 Å². The van der Waals surface area contributed by atoms with E-state index in [0.29, 0.717) is 36.3 Å². The van der Waals surface area contributed by atoms with E-state index < -0.39 is 18.3 Å². The highest BCUT2D eigenvalue weighted by Gasteiger charge is 2.27. The first-order chi connectivity index (χ1) is 15.4. The standard InChI is InChI=1S/C23H23F3N4O2/c24-7-8-27-22(31)29-9-5-16(6-10-29)15-1-3-19(4-2-15)28-23(32)30-13-17-11-18(25)12-21(26)20(17)14-30/h1-5,11-12H,6-10,13-14H2,(H,27,31)(H,28,32). The number of amides is 4. The minimum absolute atomic E-state index is 0.00837. The Labute approximate surface area is 183 Å². The molecule has 0 atom stereocenters. The number of carbonyl (C=O) groups is 2. The van der Waals surface area contributed by atoms with E-state index in [9.17, 15) is 22.8 Å². The molecule has 0 unspecified atom stereocenters. The van der Waals surface area contributed by atoms with Crippen LogP contribution >= 0.6 is 0 Å². The fraction of sp³-hybridized carbons (Fsp3) is 0.304. The zero-order chi connectivity index (χ0) is 22.7. The van der Waals surface area contributed by atoms with Gasteiger partial charge in [-0.05, 0) is 41.3 Å². The van der Waals surface area contributed by atoms with Crippen LogP contribution in [0.2, 0.25) is 0 Å². The van der Waals surface area contributed by atoms with Crippen molar-refractivity contribution >= 4 is 23.3 Å². The molecular weight excluding hydrogens is 421 g/mol. The second kappa shape index (κ2) is 9.33. The van der Waals surface area contributed by atoms with Crippen LogP contribution in [0, 0.1) is 11.6 Å². The number of hydrogen-bond acceptors (Lipinski definition) is 2. The van der Waals surface area contributed by atoms with Crippen molar-refractivity contribution in [3.8, 4) is 0 Å². The summed E-state index contributed by atoms with van der Waals surface area (Å²) in [7, 11) is 0. The molecule has 0 bridgehead atoms. The first kappa shape index (κ1) is 21.7. The minimum atomic E-state index is -0.653. The van der Waals surface area contributed by atoms with E-state index in [1.54, 1.807) is 17.0 Å². The Bertz CT molecular complexity index is 1060. The van der Waals surface area contributed by atoms with E-state index in [-0.39, 0.29) is 31.7 Å². The first-order valence-corrected chi connectivity index (χ1v) is 10.4. The number of fused-ring (bicyclic) bond motifs is 1. The van der Waals surface area contributed by atoms with Crippen LogP contribution in [0.4, 0.5) is 28.4 Å². The van der Waals surface area contributed by atoms with Crippen molar-refractivity contribution in [3.63, 3.8) is 0 Å². The van der Waals surface area contributed by atoms with Crippen molar-refractivity contribution in [1.82, 2.24) is 15.1 Å². The molecule has 0 saturated carbocycles. The molecule has 2 aromatic carbocycles. The Kier molecular flexibility index (Phi) is 6.34. The molecule has 2 aliphatic heterocycles. The summed E-state index contributed by atoms with van der Waals surface area (Å²) < 4.78 is 39.5. The highest BCUT2D eigenvalue weighted by atomic mass is 19.1. The molecule has 9 heteroatoms. The maximum atomic E-state index is 13.9. The molecule has 4 amide bonds. The number of rotatable bonds is 4. The van der Waals surface area contributed by atoms with Crippen molar-refractivity contribution in [2.45, 2.75) is 19.5 Å². The quantitative estimate of drug-likeness (QED) is 0.740. The van der Waals surface area contributed by atoms with Gasteiger partial charge in [0, 0.05) is 43.5 Å². The third kappa shape index (κ3) is 4.71. The lowest BCUT2D eigenvalue weighted by Gasteiger charge is -2.26.